The summed E-state index contributed by atoms with van der Waals surface area (Å²) < 4.78 is 0. The summed E-state index contributed by atoms with van der Waals surface area (Å²) >= 11 is 0. The van der Waals surface area contributed by atoms with Gasteiger partial charge in [-0.25, -0.2) is 4.79 Å². The SMILES string of the molecule is CCCN(C(=O)NC(C)(C)C)c1ccc(N)cc1. The molecule has 2 amide bonds. The Hall–Kier alpha value is -1.71. The molecule has 0 bridgehead atoms. The van der Waals surface area contributed by atoms with E-state index in [1.54, 1.807) is 4.90 Å². The zero-order chi connectivity index (χ0) is 13.8. The fourth-order valence-electron chi connectivity index (χ4n) is 1.61. The molecule has 0 saturated heterocycles. The average molecular weight is 249 g/mol. The fourth-order valence-corrected chi connectivity index (χ4v) is 1.61. The molecule has 0 aromatic heterocycles. The molecule has 1 rings (SSSR count). The predicted octanol–water partition coefficient (Wildman–Crippen LogP) is 2.99. The molecule has 3 N–H and O–H groups in total. The van der Waals surface area contributed by atoms with Crippen molar-refractivity contribution < 1.29 is 4.79 Å². The number of urea groups is 1. The highest BCUT2D eigenvalue weighted by atomic mass is 16.2. The highest BCUT2D eigenvalue weighted by Crippen LogP contribution is 2.17. The molecule has 0 radical (unpaired) electrons. The first-order valence-corrected chi connectivity index (χ1v) is 6.28. The van der Waals surface area contributed by atoms with E-state index >= 15 is 0 Å². The minimum Gasteiger partial charge on any atom is -0.399 e. The van der Waals surface area contributed by atoms with Crippen LogP contribution >= 0.6 is 0 Å². The molecule has 0 unspecified atom stereocenters. The fraction of sp³-hybridized carbons (Fsp3) is 0.500. The van der Waals surface area contributed by atoms with Gasteiger partial charge in [-0.3, -0.25) is 4.90 Å². The summed E-state index contributed by atoms with van der Waals surface area (Å²) in [5, 5.41) is 2.97. The molecule has 0 aliphatic carbocycles. The molecule has 1 aromatic carbocycles. The van der Waals surface area contributed by atoms with Crippen LogP contribution in [-0.2, 0) is 0 Å². The van der Waals surface area contributed by atoms with Gasteiger partial charge >= 0.3 is 6.03 Å². The van der Waals surface area contributed by atoms with Crippen LogP contribution in [-0.4, -0.2) is 18.1 Å². The van der Waals surface area contributed by atoms with Gasteiger partial charge in [0.2, 0.25) is 0 Å². The summed E-state index contributed by atoms with van der Waals surface area (Å²) in [6.45, 7) is 8.65. The lowest BCUT2D eigenvalue weighted by molar-refractivity contribution is 0.237. The van der Waals surface area contributed by atoms with E-state index in [-0.39, 0.29) is 11.6 Å². The van der Waals surface area contributed by atoms with Gasteiger partial charge in [0.1, 0.15) is 0 Å². The van der Waals surface area contributed by atoms with Crippen molar-refractivity contribution in [2.45, 2.75) is 39.7 Å². The van der Waals surface area contributed by atoms with Crippen LogP contribution in [0, 0.1) is 0 Å². The van der Waals surface area contributed by atoms with Crippen LogP contribution in [0.5, 0.6) is 0 Å². The van der Waals surface area contributed by atoms with Crippen LogP contribution in [0.4, 0.5) is 16.2 Å². The van der Waals surface area contributed by atoms with Crippen molar-refractivity contribution in [2.75, 3.05) is 17.2 Å². The summed E-state index contributed by atoms with van der Waals surface area (Å²) in [5.41, 5.74) is 6.99. The van der Waals surface area contributed by atoms with Gasteiger partial charge < -0.3 is 11.1 Å². The second-order valence-corrected chi connectivity index (χ2v) is 5.42. The third-order valence-corrected chi connectivity index (χ3v) is 2.38. The molecule has 18 heavy (non-hydrogen) atoms. The number of nitrogens with one attached hydrogen (secondary N) is 1. The third-order valence-electron chi connectivity index (χ3n) is 2.38. The quantitative estimate of drug-likeness (QED) is 0.809. The van der Waals surface area contributed by atoms with Gasteiger partial charge in [0, 0.05) is 23.5 Å². The average Bonchev–Trinajstić information content (AvgIpc) is 2.25. The smallest absolute Gasteiger partial charge is 0.322 e. The number of rotatable bonds is 3. The summed E-state index contributed by atoms with van der Waals surface area (Å²) in [6.07, 6.45) is 0.905. The summed E-state index contributed by atoms with van der Waals surface area (Å²) in [6, 6.07) is 7.28. The topological polar surface area (TPSA) is 58.4 Å². The van der Waals surface area contributed by atoms with Crippen LogP contribution in [0.15, 0.2) is 24.3 Å². The molecule has 0 fully saturated rings. The third kappa shape index (κ3) is 4.28. The summed E-state index contributed by atoms with van der Waals surface area (Å²) in [7, 11) is 0. The van der Waals surface area contributed by atoms with Crippen molar-refractivity contribution in [3.8, 4) is 0 Å². The summed E-state index contributed by atoms with van der Waals surface area (Å²) in [4.78, 5) is 14.0. The number of benzene rings is 1. The predicted molar refractivity (Wildman–Crippen MR) is 76.8 cm³/mol. The first-order chi connectivity index (χ1) is 8.33. The number of hydrogen-bond donors (Lipinski definition) is 2. The Labute approximate surface area is 109 Å². The number of nitrogen functional groups attached to an aromatic ring is 1. The van der Waals surface area contributed by atoms with E-state index in [1.807, 2.05) is 45.0 Å². The van der Waals surface area contributed by atoms with Crippen molar-refractivity contribution in [3.05, 3.63) is 24.3 Å². The zero-order valence-corrected chi connectivity index (χ0v) is 11.7. The number of nitrogens with zero attached hydrogens (tertiary/aromatic N) is 1. The Bertz CT molecular complexity index is 392. The Morgan fingerprint density at radius 1 is 1.28 bits per heavy atom. The van der Waals surface area contributed by atoms with E-state index in [1.165, 1.54) is 0 Å². The Morgan fingerprint density at radius 3 is 2.28 bits per heavy atom. The molecule has 0 spiro atoms. The van der Waals surface area contributed by atoms with E-state index in [0.29, 0.717) is 12.2 Å². The standard InChI is InChI=1S/C14H23N3O/c1-5-10-17(13(18)16-14(2,3)4)12-8-6-11(15)7-9-12/h6-9H,5,10,15H2,1-4H3,(H,16,18). The van der Waals surface area contributed by atoms with Crippen molar-refractivity contribution in [2.24, 2.45) is 0 Å². The number of nitrogens with two attached hydrogens (primary N) is 1. The number of hydrogen-bond acceptors (Lipinski definition) is 2. The van der Waals surface area contributed by atoms with E-state index < -0.39 is 0 Å². The lowest BCUT2D eigenvalue weighted by Gasteiger charge is -2.28. The summed E-state index contributed by atoms with van der Waals surface area (Å²) in [5.74, 6) is 0. The Balaban J connectivity index is 2.88. The second-order valence-electron chi connectivity index (χ2n) is 5.42. The first-order valence-electron chi connectivity index (χ1n) is 6.28. The molecule has 0 aliphatic heterocycles. The second kappa shape index (κ2) is 5.76. The van der Waals surface area contributed by atoms with Crippen molar-refractivity contribution in [1.29, 1.82) is 0 Å². The number of amides is 2. The van der Waals surface area contributed by atoms with Crippen LogP contribution in [0.3, 0.4) is 0 Å². The Kier molecular flexibility index (Phi) is 4.59. The van der Waals surface area contributed by atoms with Crippen molar-refractivity contribution in [3.63, 3.8) is 0 Å². The monoisotopic (exact) mass is 249 g/mol. The van der Waals surface area contributed by atoms with E-state index in [9.17, 15) is 4.79 Å². The maximum Gasteiger partial charge on any atom is 0.322 e. The molecule has 1 aromatic rings. The van der Waals surface area contributed by atoms with Gasteiger partial charge in [-0.2, -0.15) is 0 Å². The van der Waals surface area contributed by atoms with Crippen LogP contribution < -0.4 is 16.0 Å². The molecule has 4 heteroatoms. The van der Waals surface area contributed by atoms with E-state index in [2.05, 4.69) is 12.2 Å². The molecule has 0 heterocycles. The maximum atomic E-state index is 12.2. The van der Waals surface area contributed by atoms with Crippen molar-refractivity contribution in [1.82, 2.24) is 5.32 Å². The van der Waals surface area contributed by atoms with Gasteiger partial charge in [0.25, 0.3) is 0 Å². The van der Waals surface area contributed by atoms with Crippen LogP contribution in [0.1, 0.15) is 34.1 Å². The molecule has 0 aliphatic rings. The van der Waals surface area contributed by atoms with E-state index in [0.717, 1.165) is 12.1 Å². The van der Waals surface area contributed by atoms with Crippen LogP contribution in [0.25, 0.3) is 0 Å². The molecular formula is C14H23N3O. The van der Waals surface area contributed by atoms with Crippen LogP contribution in [0.2, 0.25) is 0 Å². The highest BCUT2D eigenvalue weighted by Gasteiger charge is 2.20. The minimum atomic E-state index is -0.239. The minimum absolute atomic E-state index is 0.0749. The largest absolute Gasteiger partial charge is 0.399 e. The number of anilines is 2. The number of carbonyl (C=O) groups is 1. The first kappa shape index (κ1) is 14.4. The molecular weight excluding hydrogens is 226 g/mol. The maximum absolute atomic E-state index is 12.2. The van der Waals surface area contributed by atoms with Gasteiger partial charge in [-0.15, -0.1) is 0 Å². The number of carbonyl (C=O) groups excluding carboxylic acids is 1. The Morgan fingerprint density at radius 2 is 1.83 bits per heavy atom. The lowest BCUT2D eigenvalue weighted by atomic mass is 10.1. The molecule has 0 saturated carbocycles. The molecule has 0 atom stereocenters. The van der Waals surface area contributed by atoms with Gasteiger partial charge in [0.15, 0.2) is 0 Å². The highest BCUT2D eigenvalue weighted by molar-refractivity contribution is 5.92. The zero-order valence-electron chi connectivity index (χ0n) is 11.7. The van der Waals surface area contributed by atoms with Gasteiger partial charge in [-0.1, -0.05) is 6.92 Å². The van der Waals surface area contributed by atoms with Crippen molar-refractivity contribution >= 4 is 17.4 Å². The molecule has 100 valence electrons. The lowest BCUT2D eigenvalue weighted by Crippen LogP contribution is -2.49. The molecule has 4 nitrogen and oxygen atoms in total. The van der Waals surface area contributed by atoms with Gasteiger partial charge in [-0.05, 0) is 51.5 Å². The van der Waals surface area contributed by atoms with E-state index in [4.69, 9.17) is 5.73 Å². The van der Waals surface area contributed by atoms with Gasteiger partial charge in [0.05, 0.1) is 0 Å². The normalized spacial score (nSPS) is 11.1.